The molecule has 1 aromatic rings. The second-order valence-corrected chi connectivity index (χ2v) is 6.65. The molecule has 2 amide bonds. The van der Waals surface area contributed by atoms with Crippen LogP contribution in [0.15, 0.2) is 24.3 Å². The van der Waals surface area contributed by atoms with Crippen molar-refractivity contribution in [3.63, 3.8) is 0 Å². The average molecular weight is 322 g/mol. The van der Waals surface area contributed by atoms with Crippen LogP contribution >= 0.6 is 11.8 Å². The second-order valence-electron chi connectivity index (χ2n) is 5.58. The number of nitrogens with zero attached hydrogens (tertiary/aromatic N) is 1. The van der Waals surface area contributed by atoms with Gasteiger partial charge in [-0.05, 0) is 38.5 Å². The molecule has 2 atom stereocenters. The number of methoxy groups -OCH3 is 1. The summed E-state index contributed by atoms with van der Waals surface area (Å²) in [4.78, 5) is 26.1. The SMILES string of the molecule is COc1ccc([C@H]2SCC(=O)N2[C@H](C)C(=O)NC(C)C)cc1. The number of carbonyl (C=O) groups is 2. The number of hydrogen-bond donors (Lipinski definition) is 1. The molecular formula is C16H22N2O3S. The van der Waals surface area contributed by atoms with Gasteiger partial charge in [-0.2, -0.15) is 0 Å². The molecular weight excluding hydrogens is 300 g/mol. The highest BCUT2D eigenvalue weighted by atomic mass is 32.2. The molecule has 2 rings (SSSR count). The zero-order valence-corrected chi connectivity index (χ0v) is 14.1. The van der Waals surface area contributed by atoms with Gasteiger partial charge < -0.3 is 15.0 Å². The molecule has 0 radical (unpaired) electrons. The summed E-state index contributed by atoms with van der Waals surface area (Å²) < 4.78 is 5.16. The maximum absolute atomic E-state index is 12.2. The van der Waals surface area contributed by atoms with Gasteiger partial charge in [-0.15, -0.1) is 11.8 Å². The Morgan fingerprint density at radius 2 is 1.95 bits per heavy atom. The Labute approximate surface area is 135 Å². The van der Waals surface area contributed by atoms with Crippen molar-refractivity contribution >= 4 is 23.6 Å². The molecule has 6 heteroatoms. The molecule has 1 fully saturated rings. The number of nitrogens with one attached hydrogen (secondary N) is 1. The molecule has 1 N–H and O–H groups in total. The Balaban J connectivity index is 2.19. The first-order chi connectivity index (χ1) is 10.4. The van der Waals surface area contributed by atoms with Gasteiger partial charge in [0, 0.05) is 6.04 Å². The summed E-state index contributed by atoms with van der Waals surface area (Å²) in [5.41, 5.74) is 1.00. The number of ether oxygens (including phenoxy) is 1. The van der Waals surface area contributed by atoms with E-state index in [1.54, 1.807) is 30.7 Å². The smallest absolute Gasteiger partial charge is 0.242 e. The highest BCUT2D eigenvalue weighted by molar-refractivity contribution is 8.00. The van der Waals surface area contributed by atoms with E-state index in [4.69, 9.17) is 4.74 Å². The van der Waals surface area contributed by atoms with Crippen LogP contribution in [-0.4, -0.2) is 41.7 Å². The van der Waals surface area contributed by atoms with Crippen LogP contribution in [0.25, 0.3) is 0 Å². The van der Waals surface area contributed by atoms with E-state index in [-0.39, 0.29) is 23.2 Å². The summed E-state index contributed by atoms with van der Waals surface area (Å²) in [6, 6.07) is 7.19. The van der Waals surface area contributed by atoms with Crippen molar-refractivity contribution in [3.8, 4) is 5.75 Å². The Kier molecular flexibility index (Phi) is 5.34. The van der Waals surface area contributed by atoms with Crippen molar-refractivity contribution < 1.29 is 14.3 Å². The molecule has 120 valence electrons. The first-order valence-electron chi connectivity index (χ1n) is 7.31. The third kappa shape index (κ3) is 3.55. The monoisotopic (exact) mass is 322 g/mol. The minimum atomic E-state index is -0.489. The van der Waals surface area contributed by atoms with Gasteiger partial charge in [0.05, 0.1) is 12.9 Å². The first kappa shape index (κ1) is 16.7. The van der Waals surface area contributed by atoms with Crippen LogP contribution in [0.4, 0.5) is 0 Å². The molecule has 0 spiro atoms. The summed E-state index contributed by atoms with van der Waals surface area (Å²) in [5.74, 6) is 1.05. The Bertz CT molecular complexity index is 545. The minimum absolute atomic E-state index is 0.00257. The van der Waals surface area contributed by atoms with Crippen LogP contribution in [0.2, 0.25) is 0 Å². The Morgan fingerprint density at radius 1 is 1.32 bits per heavy atom. The van der Waals surface area contributed by atoms with Crippen LogP contribution in [0.5, 0.6) is 5.75 Å². The van der Waals surface area contributed by atoms with Crippen LogP contribution in [0, 0.1) is 0 Å². The predicted octanol–water partition coefficient (Wildman–Crippen LogP) is 2.18. The van der Waals surface area contributed by atoms with E-state index in [1.807, 2.05) is 38.1 Å². The average Bonchev–Trinajstić information content (AvgIpc) is 2.87. The predicted molar refractivity (Wildman–Crippen MR) is 87.8 cm³/mol. The zero-order chi connectivity index (χ0) is 16.3. The number of amides is 2. The lowest BCUT2D eigenvalue weighted by Gasteiger charge is -2.30. The van der Waals surface area contributed by atoms with Crippen molar-refractivity contribution in [2.75, 3.05) is 12.9 Å². The largest absolute Gasteiger partial charge is 0.497 e. The van der Waals surface area contributed by atoms with Crippen LogP contribution in [-0.2, 0) is 9.59 Å². The van der Waals surface area contributed by atoms with E-state index in [0.717, 1.165) is 11.3 Å². The van der Waals surface area contributed by atoms with Gasteiger partial charge in [-0.3, -0.25) is 9.59 Å². The van der Waals surface area contributed by atoms with Gasteiger partial charge >= 0.3 is 0 Å². The first-order valence-corrected chi connectivity index (χ1v) is 8.36. The van der Waals surface area contributed by atoms with Gasteiger partial charge in [0.25, 0.3) is 0 Å². The molecule has 1 aliphatic rings. The van der Waals surface area contributed by atoms with Crippen molar-refractivity contribution in [3.05, 3.63) is 29.8 Å². The fraction of sp³-hybridized carbons (Fsp3) is 0.500. The van der Waals surface area contributed by atoms with E-state index >= 15 is 0 Å². The quantitative estimate of drug-likeness (QED) is 0.903. The number of hydrogen-bond acceptors (Lipinski definition) is 4. The topological polar surface area (TPSA) is 58.6 Å². The van der Waals surface area contributed by atoms with E-state index in [2.05, 4.69) is 5.32 Å². The summed E-state index contributed by atoms with van der Waals surface area (Å²) in [5, 5.41) is 2.74. The van der Waals surface area contributed by atoms with E-state index < -0.39 is 6.04 Å². The highest BCUT2D eigenvalue weighted by Crippen LogP contribution is 2.40. The molecule has 1 saturated heterocycles. The zero-order valence-electron chi connectivity index (χ0n) is 13.3. The van der Waals surface area contributed by atoms with Gasteiger partial charge in [-0.25, -0.2) is 0 Å². The Morgan fingerprint density at radius 3 is 2.50 bits per heavy atom. The third-order valence-electron chi connectivity index (χ3n) is 3.53. The molecule has 0 saturated carbocycles. The lowest BCUT2D eigenvalue weighted by molar-refractivity contribution is -0.138. The number of thioether (sulfide) groups is 1. The molecule has 1 aromatic carbocycles. The normalized spacial score (nSPS) is 19.4. The van der Waals surface area contributed by atoms with Gasteiger partial charge in [0.15, 0.2) is 0 Å². The molecule has 0 aliphatic carbocycles. The van der Waals surface area contributed by atoms with Crippen molar-refractivity contribution in [2.24, 2.45) is 0 Å². The molecule has 22 heavy (non-hydrogen) atoms. The molecule has 1 aliphatic heterocycles. The maximum atomic E-state index is 12.2. The Hall–Kier alpha value is -1.69. The minimum Gasteiger partial charge on any atom is -0.497 e. The standard InChI is InChI=1S/C16H22N2O3S/c1-10(2)17-15(20)11(3)18-14(19)9-22-16(18)12-5-7-13(21-4)8-6-12/h5-8,10-11,16H,9H2,1-4H3,(H,17,20)/t11-,16-/m1/s1. The van der Waals surface area contributed by atoms with E-state index in [1.165, 1.54) is 0 Å². The van der Waals surface area contributed by atoms with Gasteiger partial charge in [0.1, 0.15) is 17.2 Å². The van der Waals surface area contributed by atoms with Crippen molar-refractivity contribution in [2.45, 2.75) is 38.2 Å². The lowest BCUT2D eigenvalue weighted by atomic mass is 10.1. The second kappa shape index (κ2) is 7.05. The molecule has 0 unspecified atom stereocenters. The van der Waals surface area contributed by atoms with Crippen LogP contribution < -0.4 is 10.1 Å². The molecule has 0 aromatic heterocycles. The fourth-order valence-corrected chi connectivity index (χ4v) is 3.67. The molecule has 0 bridgehead atoms. The fourth-order valence-electron chi connectivity index (χ4n) is 2.41. The third-order valence-corrected chi connectivity index (χ3v) is 4.76. The van der Waals surface area contributed by atoms with Gasteiger partial charge in [0.2, 0.25) is 11.8 Å². The summed E-state index contributed by atoms with van der Waals surface area (Å²) in [6.07, 6.45) is 0. The van der Waals surface area contributed by atoms with E-state index in [0.29, 0.717) is 5.75 Å². The van der Waals surface area contributed by atoms with Crippen molar-refractivity contribution in [1.82, 2.24) is 10.2 Å². The summed E-state index contributed by atoms with van der Waals surface area (Å²) in [7, 11) is 1.62. The van der Waals surface area contributed by atoms with Crippen LogP contribution in [0.3, 0.4) is 0 Å². The summed E-state index contributed by atoms with van der Waals surface area (Å²) >= 11 is 1.55. The molecule has 5 nitrogen and oxygen atoms in total. The molecule has 1 heterocycles. The number of rotatable bonds is 5. The highest BCUT2D eigenvalue weighted by Gasteiger charge is 2.38. The number of carbonyl (C=O) groups excluding carboxylic acids is 2. The number of benzene rings is 1. The van der Waals surface area contributed by atoms with Crippen LogP contribution in [0.1, 0.15) is 31.7 Å². The van der Waals surface area contributed by atoms with Gasteiger partial charge in [-0.1, -0.05) is 12.1 Å². The van der Waals surface area contributed by atoms with E-state index in [9.17, 15) is 9.59 Å². The summed E-state index contributed by atoms with van der Waals surface area (Å²) in [6.45, 7) is 5.59. The van der Waals surface area contributed by atoms with Crippen molar-refractivity contribution in [1.29, 1.82) is 0 Å². The maximum Gasteiger partial charge on any atom is 0.242 e. The lowest BCUT2D eigenvalue weighted by Crippen LogP contribution is -2.48.